The van der Waals surface area contributed by atoms with Gasteiger partial charge in [-0.3, -0.25) is 4.79 Å². The molecule has 4 nitrogen and oxygen atoms in total. The minimum atomic E-state index is 0.0866. The number of rotatable bonds is 6. The number of carbonyl (C=O) groups is 1. The molecule has 1 amide bonds. The van der Waals surface area contributed by atoms with Gasteiger partial charge in [-0.2, -0.15) is 0 Å². The molecule has 0 fully saturated rings. The molecule has 108 valence electrons. The Morgan fingerprint density at radius 2 is 2.20 bits per heavy atom. The first-order valence-corrected chi connectivity index (χ1v) is 7.74. The fourth-order valence-corrected chi connectivity index (χ4v) is 2.82. The molecule has 0 saturated heterocycles. The van der Waals surface area contributed by atoms with Crippen LogP contribution >= 0.6 is 11.3 Å². The zero-order valence-corrected chi connectivity index (χ0v) is 13.0. The third kappa shape index (κ3) is 3.93. The second-order valence-corrected chi connectivity index (χ2v) is 6.35. The molecule has 0 aliphatic heterocycles. The van der Waals surface area contributed by atoms with Crippen LogP contribution in [0.4, 0.5) is 5.13 Å². The van der Waals surface area contributed by atoms with E-state index < -0.39 is 0 Å². The van der Waals surface area contributed by atoms with Crippen LogP contribution in [0.5, 0.6) is 0 Å². The van der Waals surface area contributed by atoms with Crippen LogP contribution in [-0.2, 0) is 4.79 Å². The minimum Gasteiger partial charge on any atom is -0.361 e. The third-order valence-electron chi connectivity index (χ3n) is 2.96. The number of benzene rings is 1. The summed E-state index contributed by atoms with van der Waals surface area (Å²) in [4.78, 5) is 16.2. The topological polar surface area (TPSA) is 54.0 Å². The molecule has 0 bridgehead atoms. The van der Waals surface area contributed by atoms with Crippen LogP contribution in [-0.4, -0.2) is 24.0 Å². The summed E-state index contributed by atoms with van der Waals surface area (Å²) in [5, 5.41) is 7.02. The summed E-state index contributed by atoms with van der Waals surface area (Å²) >= 11 is 1.63. The van der Waals surface area contributed by atoms with Gasteiger partial charge in [-0.15, -0.1) is 0 Å². The molecular formula is C15H21N3OS. The number of thiazole rings is 1. The Bertz CT molecular complexity index is 592. The van der Waals surface area contributed by atoms with Crippen LogP contribution in [0.3, 0.4) is 0 Å². The molecule has 0 saturated carbocycles. The van der Waals surface area contributed by atoms with E-state index in [1.54, 1.807) is 11.3 Å². The molecule has 0 atom stereocenters. The number of carbonyl (C=O) groups excluding carboxylic acids is 1. The number of fused-ring (bicyclic) bond motifs is 1. The predicted octanol–water partition coefficient (Wildman–Crippen LogP) is 3.18. The molecule has 2 aromatic rings. The van der Waals surface area contributed by atoms with Crippen molar-refractivity contribution < 1.29 is 4.79 Å². The van der Waals surface area contributed by atoms with Crippen molar-refractivity contribution in [3.63, 3.8) is 0 Å². The van der Waals surface area contributed by atoms with Crippen LogP contribution in [0.2, 0.25) is 0 Å². The van der Waals surface area contributed by atoms with Gasteiger partial charge in [0, 0.05) is 19.5 Å². The van der Waals surface area contributed by atoms with Gasteiger partial charge in [-0.1, -0.05) is 37.3 Å². The van der Waals surface area contributed by atoms with E-state index in [0.29, 0.717) is 18.9 Å². The monoisotopic (exact) mass is 291 g/mol. The maximum Gasteiger partial charge on any atom is 0.221 e. The Labute approximate surface area is 123 Å². The van der Waals surface area contributed by atoms with Crippen LogP contribution < -0.4 is 10.6 Å². The summed E-state index contributed by atoms with van der Waals surface area (Å²) in [6.45, 7) is 7.58. The van der Waals surface area contributed by atoms with E-state index in [2.05, 4.69) is 48.5 Å². The molecule has 2 rings (SSSR count). The largest absolute Gasteiger partial charge is 0.361 e. The van der Waals surface area contributed by atoms with Gasteiger partial charge in [0.1, 0.15) is 0 Å². The molecule has 20 heavy (non-hydrogen) atoms. The molecule has 1 aromatic heterocycles. The number of nitrogens with one attached hydrogen (secondary N) is 2. The van der Waals surface area contributed by atoms with Crippen molar-refractivity contribution in [3.8, 4) is 0 Å². The van der Waals surface area contributed by atoms with Gasteiger partial charge < -0.3 is 10.6 Å². The van der Waals surface area contributed by atoms with Gasteiger partial charge in [0.05, 0.1) is 10.2 Å². The second kappa shape index (κ2) is 6.70. The Hall–Kier alpha value is -1.62. The molecule has 0 radical (unpaired) electrons. The SMILES string of the molecule is Cc1cccc2sc(NCCC(=O)NCC(C)C)nc12. The summed E-state index contributed by atoms with van der Waals surface area (Å²) in [5.41, 5.74) is 2.23. The molecule has 0 unspecified atom stereocenters. The van der Waals surface area contributed by atoms with Crippen molar-refractivity contribution in [2.45, 2.75) is 27.2 Å². The lowest BCUT2D eigenvalue weighted by atomic mass is 10.2. The molecular weight excluding hydrogens is 270 g/mol. The first kappa shape index (κ1) is 14.8. The van der Waals surface area contributed by atoms with E-state index in [4.69, 9.17) is 0 Å². The van der Waals surface area contributed by atoms with Crippen molar-refractivity contribution in [2.75, 3.05) is 18.4 Å². The van der Waals surface area contributed by atoms with E-state index in [1.165, 1.54) is 10.3 Å². The first-order chi connectivity index (χ1) is 9.56. The molecule has 2 N–H and O–H groups in total. The first-order valence-electron chi connectivity index (χ1n) is 6.93. The van der Waals surface area contributed by atoms with Crippen molar-refractivity contribution in [3.05, 3.63) is 23.8 Å². The van der Waals surface area contributed by atoms with Crippen molar-refractivity contribution in [2.24, 2.45) is 5.92 Å². The second-order valence-electron chi connectivity index (χ2n) is 5.32. The smallest absolute Gasteiger partial charge is 0.221 e. The van der Waals surface area contributed by atoms with Crippen molar-refractivity contribution >= 4 is 32.6 Å². The number of nitrogens with zero attached hydrogens (tertiary/aromatic N) is 1. The zero-order chi connectivity index (χ0) is 14.5. The van der Waals surface area contributed by atoms with Crippen LogP contribution in [0, 0.1) is 12.8 Å². The van der Waals surface area contributed by atoms with Gasteiger partial charge in [0.15, 0.2) is 5.13 Å². The molecule has 1 aromatic carbocycles. The lowest BCUT2D eigenvalue weighted by Gasteiger charge is -2.07. The van der Waals surface area contributed by atoms with Gasteiger partial charge in [-0.05, 0) is 24.5 Å². The third-order valence-corrected chi connectivity index (χ3v) is 3.93. The van der Waals surface area contributed by atoms with E-state index >= 15 is 0 Å². The minimum absolute atomic E-state index is 0.0866. The Balaban J connectivity index is 1.84. The Morgan fingerprint density at radius 1 is 1.40 bits per heavy atom. The Kier molecular flexibility index (Phi) is 4.95. The zero-order valence-electron chi connectivity index (χ0n) is 12.2. The summed E-state index contributed by atoms with van der Waals surface area (Å²) in [5.74, 6) is 0.572. The number of anilines is 1. The van der Waals surface area contributed by atoms with Crippen molar-refractivity contribution in [1.82, 2.24) is 10.3 Å². The fraction of sp³-hybridized carbons (Fsp3) is 0.467. The van der Waals surface area contributed by atoms with E-state index in [-0.39, 0.29) is 5.91 Å². The summed E-state index contributed by atoms with van der Waals surface area (Å²) in [6, 6.07) is 6.17. The number of amides is 1. The predicted molar refractivity (Wildman–Crippen MR) is 85.3 cm³/mol. The van der Waals surface area contributed by atoms with Gasteiger partial charge in [-0.25, -0.2) is 4.98 Å². The highest BCUT2D eigenvalue weighted by molar-refractivity contribution is 7.22. The summed E-state index contributed by atoms with van der Waals surface area (Å²) < 4.78 is 1.18. The molecule has 0 aliphatic carbocycles. The highest BCUT2D eigenvalue weighted by Gasteiger charge is 2.06. The van der Waals surface area contributed by atoms with Crippen LogP contribution in [0.1, 0.15) is 25.8 Å². The van der Waals surface area contributed by atoms with Crippen molar-refractivity contribution in [1.29, 1.82) is 0 Å². The normalized spacial score (nSPS) is 11.0. The quantitative estimate of drug-likeness (QED) is 0.859. The number of hydrogen-bond donors (Lipinski definition) is 2. The van der Waals surface area contributed by atoms with Gasteiger partial charge in [0.2, 0.25) is 5.91 Å². The molecule has 1 heterocycles. The van der Waals surface area contributed by atoms with Gasteiger partial charge in [0.25, 0.3) is 0 Å². The number of aryl methyl sites for hydroxylation is 1. The van der Waals surface area contributed by atoms with E-state index in [0.717, 1.165) is 17.2 Å². The Morgan fingerprint density at radius 3 is 2.90 bits per heavy atom. The highest BCUT2D eigenvalue weighted by Crippen LogP contribution is 2.27. The standard InChI is InChI=1S/C15H21N3OS/c1-10(2)9-17-13(19)7-8-16-15-18-14-11(3)5-4-6-12(14)20-15/h4-6,10H,7-9H2,1-3H3,(H,16,18)(H,17,19). The maximum absolute atomic E-state index is 11.6. The number of hydrogen-bond acceptors (Lipinski definition) is 4. The molecule has 0 spiro atoms. The lowest BCUT2D eigenvalue weighted by molar-refractivity contribution is -0.120. The summed E-state index contributed by atoms with van der Waals surface area (Å²) in [6.07, 6.45) is 0.474. The molecule has 0 aliphatic rings. The number of para-hydroxylation sites is 1. The van der Waals surface area contributed by atoms with E-state index in [1.807, 2.05) is 6.07 Å². The maximum atomic E-state index is 11.6. The molecule has 5 heteroatoms. The average molecular weight is 291 g/mol. The van der Waals surface area contributed by atoms with Crippen LogP contribution in [0.15, 0.2) is 18.2 Å². The summed E-state index contributed by atoms with van der Waals surface area (Å²) in [7, 11) is 0. The average Bonchev–Trinajstić information content (AvgIpc) is 2.81. The number of aromatic nitrogens is 1. The van der Waals surface area contributed by atoms with Crippen LogP contribution in [0.25, 0.3) is 10.2 Å². The highest BCUT2D eigenvalue weighted by atomic mass is 32.1. The van der Waals surface area contributed by atoms with E-state index in [9.17, 15) is 4.79 Å². The lowest BCUT2D eigenvalue weighted by Crippen LogP contribution is -2.28. The fourth-order valence-electron chi connectivity index (χ4n) is 1.85. The van der Waals surface area contributed by atoms with Gasteiger partial charge >= 0.3 is 0 Å².